The molecule has 1 aliphatic rings. The Bertz CT molecular complexity index is 610. The molecule has 0 aromatic carbocycles. The Hall–Kier alpha value is -1.48. The van der Waals surface area contributed by atoms with Gasteiger partial charge in [0.1, 0.15) is 18.3 Å². The lowest BCUT2D eigenvalue weighted by Gasteiger charge is -2.18. The molecule has 0 bridgehead atoms. The summed E-state index contributed by atoms with van der Waals surface area (Å²) >= 11 is 0. The Morgan fingerprint density at radius 1 is 1.27 bits per heavy atom. The number of aliphatic hydroxyl groups is 3. The summed E-state index contributed by atoms with van der Waals surface area (Å²) in [6, 6.07) is 0. The highest BCUT2D eigenvalue weighted by atomic mass is 16.6. The molecule has 2 heterocycles. The molecule has 8 heteroatoms. The number of nitrogens with zero attached hydrogens (tertiary/aromatic N) is 1. The van der Waals surface area contributed by atoms with Gasteiger partial charge in [0.25, 0.3) is 5.56 Å². The van der Waals surface area contributed by atoms with Crippen LogP contribution in [0.25, 0.3) is 0 Å². The smallest absolute Gasteiger partial charge is 0.330 e. The van der Waals surface area contributed by atoms with E-state index in [1.54, 1.807) is 0 Å². The van der Waals surface area contributed by atoms with Crippen LogP contribution in [0.5, 0.6) is 0 Å². The van der Waals surface area contributed by atoms with E-state index in [1.165, 1.54) is 6.20 Å². The minimum Gasteiger partial charge on any atom is -0.394 e. The van der Waals surface area contributed by atoms with Crippen LogP contribution in [0, 0.1) is 0 Å². The summed E-state index contributed by atoms with van der Waals surface area (Å²) in [6.07, 6.45) is -0.104. The monoisotopic (exact) mass is 314 g/mol. The van der Waals surface area contributed by atoms with Gasteiger partial charge in [-0.15, -0.1) is 0 Å². The number of hydrogen-bond acceptors (Lipinski definition) is 6. The molecule has 0 aliphatic carbocycles. The predicted octanol–water partition coefficient (Wildman–Crippen LogP) is -1.12. The Kier molecular flexibility index (Phi) is 5.52. The zero-order chi connectivity index (χ0) is 16.3. The van der Waals surface area contributed by atoms with Gasteiger partial charge in [-0.2, -0.15) is 0 Å². The van der Waals surface area contributed by atoms with Crippen molar-refractivity contribution in [1.82, 2.24) is 9.55 Å². The van der Waals surface area contributed by atoms with E-state index in [1.807, 2.05) is 6.92 Å². The molecule has 8 nitrogen and oxygen atoms in total. The van der Waals surface area contributed by atoms with Crippen molar-refractivity contribution >= 4 is 0 Å². The maximum atomic E-state index is 11.9. The molecular weight excluding hydrogens is 292 g/mol. The number of hydrogen-bond donors (Lipinski definition) is 4. The Morgan fingerprint density at radius 2 is 2.00 bits per heavy atom. The third kappa shape index (κ3) is 3.30. The second-order valence-electron chi connectivity index (χ2n) is 5.51. The first-order chi connectivity index (χ1) is 10.5. The van der Waals surface area contributed by atoms with E-state index in [2.05, 4.69) is 4.98 Å². The van der Waals surface area contributed by atoms with Gasteiger partial charge in [0.15, 0.2) is 6.23 Å². The third-order valence-corrected chi connectivity index (χ3v) is 3.88. The van der Waals surface area contributed by atoms with Crippen LogP contribution in [0.4, 0.5) is 0 Å². The predicted molar refractivity (Wildman–Crippen MR) is 77.6 cm³/mol. The van der Waals surface area contributed by atoms with E-state index in [4.69, 9.17) is 9.84 Å². The molecule has 1 aromatic heterocycles. The van der Waals surface area contributed by atoms with Gasteiger partial charge in [0.2, 0.25) is 0 Å². The van der Waals surface area contributed by atoms with Crippen LogP contribution < -0.4 is 11.2 Å². The highest BCUT2D eigenvalue weighted by Gasteiger charge is 2.43. The number of aliphatic hydroxyl groups excluding tert-OH is 3. The van der Waals surface area contributed by atoms with E-state index in [0.29, 0.717) is 12.0 Å². The van der Waals surface area contributed by atoms with Gasteiger partial charge in [-0.05, 0) is 12.8 Å². The number of aryl methyl sites for hydroxylation is 1. The number of aromatic nitrogens is 2. The van der Waals surface area contributed by atoms with E-state index in [9.17, 15) is 19.8 Å². The molecule has 0 amide bonds. The fraction of sp³-hybridized carbons (Fsp3) is 0.714. The number of rotatable bonds is 6. The van der Waals surface area contributed by atoms with E-state index in [-0.39, 0.29) is 0 Å². The molecule has 124 valence electrons. The first kappa shape index (κ1) is 16.9. The Labute approximate surface area is 127 Å². The lowest BCUT2D eigenvalue weighted by atomic mass is 10.1. The van der Waals surface area contributed by atoms with Crippen molar-refractivity contribution in [3.63, 3.8) is 0 Å². The molecule has 1 aromatic rings. The summed E-state index contributed by atoms with van der Waals surface area (Å²) in [7, 11) is 0. The number of aromatic amines is 1. The van der Waals surface area contributed by atoms with Gasteiger partial charge in [0.05, 0.1) is 6.61 Å². The summed E-state index contributed by atoms with van der Waals surface area (Å²) in [6.45, 7) is 1.57. The zero-order valence-electron chi connectivity index (χ0n) is 12.4. The molecule has 2 rings (SSSR count). The molecule has 0 spiro atoms. The summed E-state index contributed by atoms with van der Waals surface area (Å²) in [5.74, 6) is 0. The third-order valence-electron chi connectivity index (χ3n) is 3.88. The summed E-state index contributed by atoms with van der Waals surface area (Å²) in [4.78, 5) is 25.9. The summed E-state index contributed by atoms with van der Waals surface area (Å²) in [5, 5.41) is 28.8. The van der Waals surface area contributed by atoms with Crippen molar-refractivity contribution in [2.45, 2.75) is 57.1 Å². The van der Waals surface area contributed by atoms with E-state index < -0.39 is 42.4 Å². The van der Waals surface area contributed by atoms with Gasteiger partial charge in [0, 0.05) is 11.8 Å². The second kappa shape index (κ2) is 7.19. The van der Waals surface area contributed by atoms with Crippen molar-refractivity contribution < 1.29 is 20.1 Å². The van der Waals surface area contributed by atoms with Crippen molar-refractivity contribution in [3.8, 4) is 0 Å². The van der Waals surface area contributed by atoms with Crippen LogP contribution in [0.2, 0.25) is 0 Å². The fourth-order valence-corrected chi connectivity index (χ4v) is 2.57. The second-order valence-corrected chi connectivity index (χ2v) is 5.51. The first-order valence-corrected chi connectivity index (χ1v) is 7.46. The van der Waals surface area contributed by atoms with Gasteiger partial charge in [-0.3, -0.25) is 14.3 Å². The minimum absolute atomic E-state index is 0.422. The lowest BCUT2D eigenvalue weighted by Crippen LogP contribution is -2.38. The normalized spacial score (nSPS) is 28.2. The van der Waals surface area contributed by atoms with Crippen LogP contribution in [-0.4, -0.2) is 49.8 Å². The van der Waals surface area contributed by atoms with E-state index >= 15 is 0 Å². The first-order valence-electron chi connectivity index (χ1n) is 7.46. The molecule has 1 saturated heterocycles. The molecule has 0 saturated carbocycles. The molecule has 1 fully saturated rings. The Balaban J connectivity index is 2.29. The maximum Gasteiger partial charge on any atom is 0.330 e. The minimum atomic E-state index is -1.36. The van der Waals surface area contributed by atoms with Crippen molar-refractivity contribution in [1.29, 1.82) is 0 Å². The van der Waals surface area contributed by atoms with Crippen molar-refractivity contribution in [2.75, 3.05) is 6.61 Å². The van der Waals surface area contributed by atoms with Crippen molar-refractivity contribution in [3.05, 3.63) is 32.6 Å². The fourth-order valence-electron chi connectivity index (χ4n) is 2.57. The lowest BCUT2D eigenvalue weighted by molar-refractivity contribution is -0.0551. The molecule has 1 aliphatic heterocycles. The van der Waals surface area contributed by atoms with Crippen LogP contribution in [-0.2, 0) is 11.2 Å². The van der Waals surface area contributed by atoms with Crippen LogP contribution in [0.3, 0.4) is 0 Å². The molecule has 4 N–H and O–H groups in total. The number of unbranched alkanes of at least 4 members (excludes halogenated alkanes) is 2. The summed E-state index contributed by atoms with van der Waals surface area (Å²) in [5.41, 5.74) is -0.756. The van der Waals surface area contributed by atoms with Gasteiger partial charge in [-0.1, -0.05) is 19.8 Å². The van der Waals surface area contributed by atoms with Crippen LogP contribution in [0.15, 0.2) is 15.8 Å². The average molecular weight is 314 g/mol. The molecule has 0 unspecified atom stereocenters. The van der Waals surface area contributed by atoms with Gasteiger partial charge < -0.3 is 20.1 Å². The number of H-pyrrole nitrogens is 1. The number of nitrogens with one attached hydrogen (secondary N) is 1. The van der Waals surface area contributed by atoms with E-state index in [0.717, 1.165) is 23.8 Å². The number of ether oxygens (including phenoxy) is 1. The zero-order valence-corrected chi connectivity index (χ0v) is 12.4. The quantitative estimate of drug-likeness (QED) is 0.493. The Morgan fingerprint density at radius 3 is 2.59 bits per heavy atom. The molecule has 22 heavy (non-hydrogen) atoms. The SMILES string of the molecule is CCCCCc1cn([C@@H]2O[C@H](CO)[C@@H](O)[C@H]2O)c(=O)[nH]c1=O. The van der Waals surface area contributed by atoms with Crippen LogP contribution in [0.1, 0.15) is 38.0 Å². The van der Waals surface area contributed by atoms with Gasteiger partial charge in [-0.25, -0.2) is 4.79 Å². The summed E-state index contributed by atoms with van der Waals surface area (Å²) < 4.78 is 6.38. The largest absolute Gasteiger partial charge is 0.394 e. The topological polar surface area (TPSA) is 125 Å². The molecular formula is C14H22N2O6. The molecule has 0 radical (unpaired) electrons. The average Bonchev–Trinajstić information content (AvgIpc) is 2.77. The highest BCUT2D eigenvalue weighted by Crippen LogP contribution is 2.28. The van der Waals surface area contributed by atoms with Crippen LogP contribution >= 0.6 is 0 Å². The maximum absolute atomic E-state index is 11.9. The highest BCUT2D eigenvalue weighted by molar-refractivity contribution is 5.06. The molecule has 4 atom stereocenters. The van der Waals surface area contributed by atoms with Crippen molar-refractivity contribution in [2.24, 2.45) is 0 Å². The standard InChI is InChI=1S/C14H22N2O6/c1-2-3-4-5-8-6-16(14(21)15-12(8)20)13-11(19)10(18)9(7-17)22-13/h6,9-11,13,17-19H,2-5,7H2,1H3,(H,15,20,21)/t9-,10-,11-,13-/m1/s1. The van der Waals surface area contributed by atoms with Gasteiger partial charge >= 0.3 is 5.69 Å².